The van der Waals surface area contributed by atoms with Crippen molar-refractivity contribution in [2.45, 2.75) is 9.96 Å². The van der Waals surface area contributed by atoms with Crippen molar-refractivity contribution in [3.63, 3.8) is 0 Å². The Hall–Kier alpha value is -0.170. The third-order valence-corrected chi connectivity index (χ3v) is 3.63. The number of hydrogen-bond donors (Lipinski definition) is 3. The monoisotopic (exact) mass is 393 g/mol. The van der Waals surface area contributed by atoms with E-state index in [1.54, 1.807) is 18.2 Å². The zero-order valence-electron chi connectivity index (χ0n) is 9.59. The van der Waals surface area contributed by atoms with Crippen LogP contribution in [0.25, 0.3) is 0 Å². The Morgan fingerprint density at radius 3 is 2.40 bits per heavy atom. The van der Waals surface area contributed by atoms with Gasteiger partial charge in [0.25, 0.3) is 0 Å². The number of alkyl halides is 3. The van der Waals surface area contributed by atoms with Crippen molar-refractivity contribution in [1.82, 2.24) is 10.6 Å². The summed E-state index contributed by atoms with van der Waals surface area (Å²) < 4.78 is -1.77. The molecule has 110 valence electrons. The number of halogens is 5. The van der Waals surface area contributed by atoms with Crippen LogP contribution in [0, 0.1) is 0 Å². The predicted molar refractivity (Wildman–Crippen MR) is 89.1 cm³/mol. The summed E-state index contributed by atoms with van der Waals surface area (Å²) in [5, 5.41) is 8.67. The van der Waals surface area contributed by atoms with Gasteiger partial charge in [-0.1, -0.05) is 58.0 Å². The minimum atomic E-state index is -1.77. The molecule has 1 rings (SSSR count). The molecule has 0 aliphatic rings. The lowest BCUT2D eigenvalue weighted by Gasteiger charge is -2.26. The van der Waals surface area contributed by atoms with Crippen molar-refractivity contribution in [3.8, 4) is 0 Å². The van der Waals surface area contributed by atoms with Gasteiger partial charge in [0, 0.05) is 5.69 Å². The van der Waals surface area contributed by atoms with Crippen LogP contribution in [0.4, 0.5) is 5.69 Å². The number of anilines is 1. The van der Waals surface area contributed by atoms with E-state index in [4.69, 9.17) is 70.2 Å². The van der Waals surface area contributed by atoms with E-state index in [0.29, 0.717) is 22.1 Å². The van der Waals surface area contributed by atoms with Gasteiger partial charge in [-0.25, -0.2) is 0 Å². The fraction of sp³-hybridized carbons (Fsp3) is 0.200. The maximum Gasteiger partial charge on any atom is 0.228 e. The fourth-order valence-corrected chi connectivity index (χ4v) is 2.04. The molecule has 20 heavy (non-hydrogen) atoms. The van der Waals surface area contributed by atoms with E-state index >= 15 is 0 Å². The third-order valence-electron chi connectivity index (χ3n) is 2.01. The van der Waals surface area contributed by atoms with Crippen LogP contribution in [0.3, 0.4) is 0 Å². The molecule has 1 unspecified atom stereocenters. The Kier molecular flexibility index (Phi) is 6.91. The molecule has 0 saturated carbocycles. The van der Waals surface area contributed by atoms with Gasteiger partial charge in [0.05, 0.1) is 10.0 Å². The number of benzene rings is 1. The molecule has 10 heteroatoms. The molecule has 0 fully saturated rings. The highest BCUT2D eigenvalue weighted by Crippen LogP contribution is 2.29. The Morgan fingerprint density at radius 2 is 1.90 bits per heavy atom. The minimum Gasteiger partial charge on any atom is -0.339 e. The number of amides is 1. The first-order chi connectivity index (χ1) is 9.24. The number of carbonyl (C=O) groups excluding carboxylic acids is 1. The molecule has 1 aromatic rings. The average molecular weight is 396 g/mol. The van der Waals surface area contributed by atoms with Gasteiger partial charge in [-0.05, 0) is 30.4 Å². The van der Waals surface area contributed by atoms with Crippen molar-refractivity contribution < 1.29 is 4.79 Å². The second-order valence-electron chi connectivity index (χ2n) is 3.49. The van der Waals surface area contributed by atoms with Gasteiger partial charge in [0.2, 0.25) is 10.2 Å². The first kappa shape index (κ1) is 17.9. The highest BCUT2D eigenvalue weighted by atomic mass is 35.6. The number of nitrogens with one attached hydrogen (secondary N) is 3. The Balaban J connectivity index is 2.70. The second kappa shape index (κ2) is 7.73. The van der Waals surface area contributed by atoms with E-state index in [9.17, 15) is 4.79 Å². The lowest BCUT2D eigenvalue weighted by atomic mass is 10.3. The summed E-state index contributed by atoms with van der Waals surface area (Å²) in [6, 6.07) is 4.85. The van der Waals surface area contributed by atoms with Crippen molar-refractivity contribution in [3.05, 3.63) is 28.2 Å². The van der Waals surface area contributed by atoms with E-state index in [1.807, 2.05) is 0 Å². The average Bonchev–Trinajstić information content (AvgIpc) is 2.32. The van der Waals surface area contributed by atoms with E-state index in [0.717, 1.165) is 0 Å². The van der Waals surface area contributed by atoms with Gasteiger partial charge in [0.15, 0.2) is 5.11 Å². The van der Waals surface area contributed by atoms with Crippen LogP contribution >= 0.6 is 70.2 Å². The quantitative estimate of drug-likeness (QED) is 0.315. The zero-order chi connectivity index (χ0) is 15.3. The highest BCUT2D eigenvalue weighted by Gasteiger charge is 2.32. The first-order valence-corrected chi connectivity index (χ1v) is 7.33. The van der Waals surface area contributed by atoms with Crippen LogP contribution in [0.2, 0.25) is 10.0 Å². The molecule has 3 N–H and O–H groups in total. The standard InChI is InChI=1S/C10H8Cl5N3OS/c11-6-2-1-5(3-7(6)12)17-9(20)18-8(16-4-19)10(13,14)15/h1-4,8H,(H,16,19)(H2,17,18,20). The van der Waals surface area contributed by atoms with Crippen molar-refractivity contribution in [1.29, 1.82) is 0 Å². The molecule has 4 nitrogen and oxygen atoms in total. The molecule has 0 spiro atoms. The summed E-state index contributed by atoms with van der Waals surface area (Å²) in [6.07, 6.45) is -0.603. The molecule has 0 saturated heterocycles. The van der Waals surface area contributed by atoms with Gasteiger partial charge in [0.1, 0.15) is 6.17 Å². The smallest absolute Gasteiger partial charge is 0.228 e. The number of rotatable bonds is 4. The summed E-state index contributed by atoms with van der Waals surface area (Å²) in [5.41, 5.74) is 0.589. The molecule has 0 aliphatic heterocycles. The molecule has 0 aromatic heterocycles. The molecule has 1 amide bonds. The fourth-order valence-electron chi connectivity index (χ4n) is 1.16. The van der Waals surface area contributed by atoms with Crippen LogP contribution in [0.1, 0.15) is 0 Å². The van der Waals surface area contributed by atoms with Gasteiger partial charge < -0.3 is 16.0 Å². The van der Waals surface area contributed by atoms with Crippen molar-refractivity contribution in [2.75, 3.05) is 5.32 Å². The summed E-state index contributed by atoms with van der Waals surface area (Å²) in [6.45, 7) is 0. The number of hydrogen-bond acceptors (Lipinski definition) is 2. The number of thiocarbonyl (C=S) groups is 1. The topological polar surface area (TPSA) is 53.2 Å². The van der Waals surface area contributed by atoms with Gasteiger partial charge in [-0.2, -0.15) is 0 Å². The summed E-state index contributed by atoms with van der Waals surface area (Å²) in [5.74, 6) is 0. The predicted octanol–water partition coefficient (Wildman–Crippen LogP) is 3.72. The highest BCUT2D eigenvalue weighted by molar-refractivity contribution is 7.80. The molecule has 0 aliphatic carbocycles. The van der Waals surface area contributed by atoms with Crippen LogP contribution in [-0.4, -0.2) is 21.5 Å². The Labute approximate surface area is 146 Å². The molecule has 0 radical (unpaired) electrons. The first-order valence-electron chi connectivity index (χ1n) is 5.03. The molecule has 1 aromatic carbocycles. The lowest BCUT2D eigenvalue weighted by Crippen LogP contribution is -2.53. The van der Waals surface area contributed by atoms with Crippen molar-refractivity contribution in [2.24, 2.45) is 0 Å². The van der Waals surface area contributed by atoms with E-state index in [1.165, 1.54) is 0 Å². The van der Waals surface area contributed by atoms with E-state index in [2.05, 4.69) is 16.0 Å². The molecular weight excluding hydrogens is 387 g/mol. The third kappa shape index (κ3) is 5.68. The van der Waals surface area contributed by atoms with Gasteiger partial charge in [-0.15, -0.1) is 0 Å². The lowest BCUT2D eigenvalue weighted by molar-refractivity contribution is -0.110. The Morgan fingerprint density at radius 1 is 1.25 bits per heavy atom. The summed E-state index contributed by atoms with van der Waals surface area (Å²) in [7, 11) is 0. The number of carbonyl (C=O) groups is 1. The largest absolute Gasteiger partial charge is 0.339 e. The Bertz CT molecular complexity index is 508. The van der Waals surface area contributed by atoms with Gasteiger partial charge >= 0.3 is 0 Å². The van der Waals surface area contributed by atoms with Crippen LogP contribution in [0.5, 0.6) is 0 Å². The minimum absolute atomic E-state index is 0.133. The molecule has 0 bridgehead atoms. The molecular formula is C10H8Cl5N3OS. The zero-order valence-corrected chi connectivity index (χ0v) is 14.2. The summed E-state index contributed by atoms with van der Waals surface area (Å²) >= 11 is 33.8. The maximum absolute atomic E-state index is 10.5. The SMILES string of the molecule is O=CNC(NC(=S)Nc1ccc(Cl)c(Cl)c1)C(Cl)(Cl)Cl. The van der Waals surface area contributed by atoms with Crippen LogP contribution in [0.15, 0.2) is 18.2 Å². The van der Waals surface area contributed by atoms with Gasteiger partial charge in [-0.3, -0.25) is 4.79 Å². The summed E-state index contributed by atoms with van der Waals surface area (Å²) in [4.78, 5) is 10.5. The second-order valence-corrected chi connectivity index (χ2v) is 7.08. The van der Waals surface area contributed by atoms with Crippen LogP contribution in [-0.2, 0) is 4.79 Å². The van der Waals surface area contributed by atoms with E-state index < -0.39 is 9.96 Å². The van der Waals surface area contributed by atoms with Crippen LogP contribution < -0.4 is 16.0 Å². The van der Waals surface area contributed by atoms with E-state index in [-0.39, 0.29) is 5.11 Å². The maximum atomic E-state index is 10.5. The van der Waals surface area contributed by atoms with Crippen molar-refractivity contribution >= 4 is 87.4 Å². The normalized spacial score (nSPS) is 12.4. The molecule has 1 atom stereocenters. The molecule has 0 heterocycles.